The van der Waals surface area contributed by atoms with Crippen LogP contribution in [-0.2, 0) is 11.3 Å². The smallest absolute Gasteiger partial charge is 0.234 e. The molecular formula is C21H24BrFN5OS+. The Balaban J connectivity index is 1.75. The number of nitrogens with one attached hydrogen (secondary N) is 2. The fourth-order valence-corrected chi connectivity index (χ4v) is 3.89. The van der Waals surface area contributed by atoms with Crippen molar-refractivity contribution in [2.45, 2.75) is 24.7 Å². The highest BCUT2D eigenvalue weighted by molar-refractivity contribution is 9.10. The number of amides is 1. The van der Waals surface area contributed by atoms with E-state index in [4.69, 9.17) is 0 Å². The van der Waals surface area contributed by atoms with Gasteiger partial charge in [0.05, 0.1) is 32.1 Å². The molecule has 0 spiro atoms. The van der Waals surface area contributed by atoms with Gasteiger partial charge in [0.25, 0.3) is 0 Å². The molecule has 0 bridgehead atoms. The number of hydrogen-bond acceptors (Lipinski definition) is 4. The fourth-order valence-electron chi connectivity index (χ4n) is 2.81. The van der Waals surface area contributed by atoms with Crippen molar-refractivity contribution in [2.75, 3.05) is 25.2 Å². The number of carbonyl (C=O) groups is 1. The number of benzene rings is 2. The second-order valence-corrected chi connectivity index (χ2v) is 9.03. The number of nitrogens with zero attached hydrogens (tertiary/aromatic N) is 3. The Bertz CT molecular complexity index is 1010. The summed E-state index contributed by atoms with van der Waals surface area (Å²) in [4.78, 5) is 13.6. The highest BCUT2D eigenvalue weighted by atomic mass is 79.9. The van der Waals surface area contributed by atoms with Crippen molar-refractivity contribution in [1.82, 2.24) is 14.8 Å². The molecular weight excluding hydrogens is 469 g/mol. The van der Waals surface area contributed by atoms with Crippen LogP contribution in [0.3, 0.4) is 0 Å². The van der Waals surface area contributed by atoms with E-state index in [1.807, 2.05) is 22.8 Å². The molecule has 0 saturated carbocycles. The van der Waals surface area contributed by atoms with E-state index in [0.717, 1.165) is 11.4 Å². The summed E-state index contributed by atoms with van der Waals surface area (Å²) >= 11 is 4.50. The monoisotopic (exact) mass is 492 g/mol. The summed E-state index contributed by atoms with van der Waals surface area (Å²) in [6, 6.07) is 14.7. The first kappa shape index (κ1) is 22.5. The van der Waals surface area contributed by atoms with E-state index in [1.165, 1.54) is 28.8 Å². The van der Waals surface area contributed by atoms with E-state index >= 15 is 0 Å². The summed E-state index contributed by atoms with van der Waals surface area (Å²) in [6.07, 6.45) is 0. The molecule has 9 heteroatoms. The van der Waals surface area contributed by atoms with Crippen molar-refractivity contribution >= 4 is 39.3 Å². The molecule has 1 heterocycles. The molecule has 0 fully saturated rings. The summed E-state index contributed by atoms with van der Waals surface area (Å²) in [5.74, 6) is 0.176. The molecule has 0 unspecified atom stereocenters. The lowest BCUT2D eigenvalue weighted by Gasteiger charge is -2.18. The van der Waals surface area contributed by atoms with Crippen LogP contribution in [0, 0.1) is 5.82 Å². The minimum absolute atomic E-state index is 0.103. The lowest BCUT2D eigenvalue weighted by molar-refractivity contribution is -0.890. The van der Waals surface area contributed by atoms with Crippen LogP contribution in [0.1, 0.15) is 24.4 Å². The van der Waals surface area contributed by atoms with Crippen LogP contribution in [0.15, 0.2) is 58.2 Å². The van der Waals surface area contributed by atoms with Gasteiger partial charge >= 0.3 is 0 Å². The zero-order valence-electron chi connectivity index (χ0n) is 17.0. The summed E-state index contributed by atoms with van der Waals surface area (Å²) in [5.41, 5.74) is 1.28. The SMILES string of the molecule is C[C@@H](c1nnc(SCC(=O)Nc2ccc(Br)cc2F)n1Cc1ccccc1)[NH+](C)C. The predicted molar refractivity (Wildman–Crippen MR) is 120 cm³/mol. The summed E-state index contributed by atoms with van der Waals surface area (Å²) in [6.45, 7) is 2.71. The quantitative estimate of drug-likeness (QED) is 0.474. The largest absolute Gasteiger partial charge is 0.331 e. The summed E-state index contributed by atoms with van der Waals surface area (Å²) in [5, 5.41) is 12.0. The van der Waals surface area contributed by atoms with Crippen LogP contribution in [0.4, 0.5) is 10.1 Å². The topological polar surface area (TPSA) is 64.2 Å². The molecule has 158 valence electrons. The number of carbonyl (C=O) groups excluding carboxylic acids is 1. The number of hydrogen-bond donors (Lipinski definition) is 2. The van der Waals surface area contributed by atoms with Gasteiger partial charge in [-0.1, -0.05) is 58.0 Å². The predicted octanol–water partition coefficient (Wildman–Crippen LogP) is 3.16. The van der Waals surface area contributed by atoms with Crippen LogP contribution in [0.2, 0.25) is 0 Å². The average Bonchev–Trinajstić information content (AvgIpc) is 3.11. The summed E-state index contributed by atoms with van der Waals surface area (Å²) < 4.78 is 16.6. The van der Waals surface area contributed by atoms with Gasteiger partial charge in [-0.25, -0.2) is 4.39 Å². The first-order chi connectivity index (χ1) is 14.3. The van der Waals surface area contributed by atoms with E-state index in [1.54, 1.807) is 6.07 Å². The highest BCUT2D eigenvalue weighted by Gasteiger charge is 2.23. The van der Waals surface area contributed by atoms with Gasteiger partial charge in [-0.2, -0.15) is 0 Å². The molecule has 0 aliphatic heterocycles. The third-order valence-corrected chi connectivity index (χ3v) is 6.18. The number of thioether (sulfide) groups is 1. The van der Waals surface area contributed by atoms with Crippen LogP contribution in [0.5, 0.6) is 0 Å². The Morgan fingerprint density at radius 3 is 2.63 bits per heavy atom. The Labute approximate surface area is 188 Å². The van der Waals surface area contributed by atoms with E-state index in [9.17, 15) is 9.18 Å². The zero-order chi connectivity index (χ0) is 21.7. The van der Waals surface area contributed by atoms with E-state index in [0.29, 0.717) is 16.2 Å². The first-order valence-corrected chi connectivity index (χ1v) is 11.3. The Hall–Kier alpha value is -2.23. The maximum absolute atomic E-state index is 14.0. The van der Waals surface area contributed by atoms with Crippen molar-refractivity contribution in [2.24, 2.45) is 0 Å². The van der Waals surface area contributed by atoms with Crippen LogP contribution < -0.4 is 10.2 Å². The van der Waals surface area contributed by atoms with Crippen LogP contribution in [-0.4, -0.2) is 40.5 Å². The molecule has 0 saturated heterocycles. The number of quaternary nitrogens is 1. The number of aromatic nitrogens is 3. The van der Waals surface area contributed by atoms with E-state index in [2.05, 4.69) is 64.6 Å². The van der Waals surface area contributed by atoms with Gasteiger partial charge in [0, 0.05) is 4.47 Å². The fraction of sp³-hybridized carbons (Fsp3) is 0.286. The second-order valence-electron chi connectivity index (χ2n) is 7.17. The minimum Gasteiger partial charge on any atom is -0.331 e. The number of anilines is 1. The van der Waals surface area contributed by atoms with Crippen LogP contribution in [0.25, 0.3) is 0 Å². The van der Waals surface area contributed by atoms with Gasteiger partial charge in [0.1, 0.15) is 11.9 Å². The minimum atomic E-state index is -0.486. The molecule has 6 nitrogen and oxygen atoms in total. The van der Waals surface area contributed by atoms with Crippen molar-refractivity contribution in [3.05, 3.63) is 70.2 Å². The molecule has 2 N–H and O–H groups in total. The van der Waals surface area contributed by atoms with E-state index < -0.39 is 5.82 Å². The number of rotatable bonds is 8. The Morgan fingerprint density at radius 2 is 1.97 bits per heavy atom. The van der Waals surface area contributed by atoms with Gasteiger partial charge in [0.15, 0.2) is 11.0 Å². The van der Waals surface area contributed by atoms with Gasteiger partial charge in [-0.15, -0.1) is 10.2 Å². The lowest BCUT2D eigenvalue weighted by Crippen LogP contribution is -3.05. The molecule has 30 heavy (non-hydrogen) atoms. The van der Waals surface area contributed by atoms with Crippen molar-refractivity contribution in [3.8, 4) is 0 Å². The maximum Gasteiger partial charge on any atom is 0.234 e. The second kappa shape index (κ2) is 10.2. The Morgan fingerprint density at radius 1 is 1.23 bits per heavy atom. The molecule has 3 aromatic rings. The standard InChI is InChI=1S/C21H23BrFN5OS/c1-14(27(2)3)20-25-26-21(28(20)12-15-7-5-4-6-8-15)30-13-19(29)24-18-10-9-16(22)11-17(18)23/h4-11,14H,12-13H2,1-3H3,(H,24,29)/p+1/t14-/m0/s1. The van der Waals surface area contributed by atoms with Gasteiger partial charge in [0.2, 0.25) is 5.91 Å². The van der Waals surface area contributed by atoms with Crippen molar-refractivity contribution in [3.63, 3.8) is 0 Å². The molecule has 1 aromatic heterocycles. The molecule has 0 radical (unpaired) electrons. The number of halogens is 2. The van der Waals surface area contributed by atoms with Crippen LogP contribution >= 0.6 is 27.7 Å². The molecule has 1 amide bonds. The third kappa shape index (κ3) is 5.68. The molecule has 0 aliphatic rings. The molecule has 0 aliphatic carbocycles. The zero-order valence-corrected chi connectivity index (χ0v) is 19.4. The van der Waals surface area contributed by atoms with E-state index in [-0.39, 0.29) is 23.4 Å². The third-order valence-electron chi connectivity index (χ3n) is 4.72. The normalized spacial score (nSPS) is 12.2. The molecule has 1 atom stereocenters. The van der Waals surface area contributed by atoms with Gasteiger partial charge < -0.3 is 10.2 Å². The Kier molecular flexibility index (Phi) is 7.63. The highest BCUT2D eigenvalue weighted by Crippen LogP contribution is 2.23. The maximum atomic E-state index is 14.0. The molecule has 2 aromatic carbocycles. The summed E-state index contributed by atoms with van der Waals surface area (Å²) in [7, 11) is 4.14. The average molecular weight is 493 g/mol. The van der Waals surface area contributed by atoms with Crippen molar-refractivity contribution in [1.29, 1.82) is 0 Å². The van der Waals surface area contributed by atoms with Gasteiger partial charge in [-0.05, 0) is 30.7 Å². The van der Waals surface area contributed by atoms with Crippen molar-refractivity contribution < 1.29 is 14.1 Å². The molecule has 3 rings (SSSR count). The first-order valence-electron chi connectivity index (χ1n) is 9.50. The van der Waals surface area contributed by atoms with Gasteiger partial charge in [-0.3, -0.25) is 9.36 Å². The lowest BCUT2D eigenvalue weighted by atomic mass is 10.2.